The summed E-state index contributed by atoms with van der Waals surface area (Å²) in [5.41, 5.74) is 0.569. The van der Waals surface area contributed by atoms with E-state index in [0.717, 1.165) is 12.8 Å². The zero-order valence-corrected chi connectivity index (χ0v) is 11.5. The highest BCUT2D eigenvalue weighted by Crippen LogP contribution is 2.15. The maximum Gasteiger partial charge on any atom is 0.175 e. The van der Waals surface area contributed by atoms with E-state index < -0.39 is 10.8 Å². The lowest BCUT2D eigenvalue weighted by atomic mass is 10.1. The Kier molecular flexibility index (Phi) is 4.92. The number of carbonyl (C=O) groups is 1. The van der Waals surface area contributed by atoms with Gasteiger partial charge in [-0.1, -0.05) is 11.6 Å². The highest BCUT2D eigenvalue weighted by molar-refractivity contribution is 7.86. The summed E-state index contributed by atoms with van der Waals surface area (Å²) in [6.45, 7) is 1.29. The summed E-state index contributed by atoms with van der Waals surface area (Å²) in [5.74, 6) is 0.00300. The number of hydrogen-bond acceptors (Lipinski definition) is 3. The van der Waals surface area contributed by atoms with Crippen molar-refractivity contribution in [2.75, 3.05) is 19.0 Å². The molecule has 0 bridgehead atoms. The molecule has 18 heavy (non-hydrogen) atoms. The summed E-state index contributed by atoms with van der Waals surface area (Å²) in [5, 5.41) is 0.687. The normalized spacial score (nSPS) is 18.5. The Bertz CT molecular complexity index is 438. The molecule has 1 aromatic rings. The van der Waals surface area contributed by atoms with Crippen molar-refractivity contribution in [2.24, 2.45) is 0 Å². The van der Waals surface area contributed by atoms with Gasteiger partial charge < -0.3 is 4.74 Å². The van der Waals surface area contributed by atoms with Gasteiger partial charge in [-0.25, -0.2) is 0 Å². The van der Waals surface area contributed by atoms with Crippen LogP contribution in [0.15, 0.2) is 24.3 Å². The molecule has 98 valence electrons. The molecule has 1 aliphatic heterocycles. The van der Waals surface area contributed by atoms with E-state index in [9.17, 15) is 9.00 Å². The first-order valence-corrected chi connectivity index (χ1v) is 7.66. The second kappa shape index (κ2) is 6.45. The molecule has 1 aliphatic rings. The minimum absolute atomic E-state index is 0.0866. The lowest BCUT2D eigenvalue weighted by molar-refractivity contribution is 0.0980. The topological polar surface area (TPSA) is 43.4 Å². The summed E-state index contributed by atoms with van der Waals surface area (Å²) in [6.07, 6.45) is 1.56. The zero-order chi connectivity index (χ0) is 13.0. The molecule has 1 unspecified atom stereocenters. The summed E-state index contributed by atoms with van der Waals surface area (Å²) in [4.78, 5) is 11.9. The predicted molar refractivity (Wildman–Crippen MR) is 72.6 cm³/mol. The number of hydrogen-bond donors (Lipinski definition) is 0. The molecule has 0 radical (unpaired) electrons. The van der Waals surface area contributed by atoms with Crippen LogP contribution in [-0.2, 0) is 15.5 Å². The van der Waals surface area contributed by atoms with Crippen molar-refractivity contribution in [3.05, 3.63) is 34.9 Å². The maximum absolute atomic E-state index is 12.1. The van der Waals surface area contributed by atoms with Crippen LogP contribution >= 0.6 is 11.6 Å². The van der Waals surface area contributed by atoms with Crippen molar-refractivity contribution < 1.29 is 13.7 Å². The van der Waals surface area contributed by atoms with Gasteiger partial charge in [0.15, 0.2) is 5.78 Å². The van der Waals surface area contributed by atoms with Crippen LogP contribution in [0.3, 0.4) is 0 Å². The molecule has 2 rings (SSSR count). The number of ketones is 1. The van der Waals surface area contributed by atoms with Gasteiger partial charge in [-0.3, -0.25) is 9.00 Å². The predicted octanol–water partition coefficient (Wildman–Crippen LogP) is 2.45. The van der Waals surface area contributed by atoms with Crippen LogP contribution in [0.25, 0.3) is 0 Å². The Morgan fingerprint density at radius 1 is 1.28 bits per heavy atom. The fourth-order valence-corrected chi connectivity index (χ4v) is 3.41. The van der Waals surface area contributed by atoms with Crippen molar-refractivity contribution in [2.45, 2.75) is 18.1 Å². The molecule has 0 aromatic heterocycles. The molecule has 1 heterocycles. The van der Waals surface area contributed by atoms with Crippen molar-refractivity contribution in [1.29, 1.82) is 0 Å². The molecule has 5 heteroatoms. The van der Waals surface area contributed by atoms with Crippen molar-refractivity contribution in [1.82, 2.24) is 0 Å². The van der Waals surface area contributed by atoms with Crippen LogP contribution in [0, 0.1) is 0 Å². The molecule has 0 amide bonds. The SMILES string of the molecule is O=C(CS(=O)C1CCOCC1)c1ccc(Cl)cc1. The Labute approximate surface area is 114 Å². The van der Waals surface area contributed by atoms with Gasteiger partial charge in [-0.2, -0.15) is 0 Å². The minimum atomic E-state index is -1.10. The summed E-state index contributed by atoms with van der Waals surface area (Å²) < 4.78 is 17.3. The molecule has 0 N–H and O–H groups in total. The van der Waals surface area contributed by atoms with E-state index in [2.05, 4.69) is 0 Å². The lowest BCUT2D eigenvalue weighted by Gasteiger charge is -2.20. The first kappa shape index (κ1) is 13.7. The molecular formula is C13H15ClO3S. The summed E-state index contributed by atoms with van der Waals surface area (Å²) in [7, 11) is -1.10. The largest absolute Gasteiger partial charge is 0.381 e. The van der Waals surface area contributed by atoms with Crippen LogP contribution in [-0.4, -0.2) is 34.2 Å². The lowest BCUT2D eigenvalue weighted by Crippen LogP contribution is -2.28. The second-order valence-corrected chi connectivity index (χ2v) is 6.42. The van der Waals surface area contributed by atoms with Gasteiger partial charge in [-0.05, 0) is 37.1 Å². The van der Waals surface area contributed by atoms with Crippen molar-refractivity contribution in [3.8, 4) is 0 Å². The zero-order valence-electron chi connectivity index (χ0n) is 9.93. The van der Waals surface area contributed by atoms with E-state index in [1.54, 1.807) is 24.3 Å². The third kappa shape index (κ3) is 3.64. The molecule has 0 saturated carbocycles. The molecule has 0 aliphatic carbocycles. The van der Waals surface area contributed by atoms with Crippen LogP contribution in [0.2, 0.25) is 5.02 Å². The number of Topliss-reactive ketones (excluding diaryl/α,β-unsaturated/α-hetero) is 1. The van der Waals surface area contributed by atoms with E-state index in [-0.39, 0.29) is 16.8 Å². The Balaban J connectivity index is 1.94. The summed E-state index contributed by atoms with van der Waals surface area (Å²) in [6, 6.07) is 6.69. The van der Waals surface area contributed by atoms with Gasteiger partial charge in [-0.15, -0.1) is 0 Å². The fraction of sp³-hybridized carbons (Fsp3) is 0.462. The van der Waals surface area contributed by atoms with Gasteiger partial charge in [0.1, 0.15) is 0 Å². The Morgan fingerprint density at radius 3 is 2.50 bits per heavy atom. The smallest absolute Gasteiger partial charge is 0.175 e. The van der Waals surface area contributed by atoms with Crippen LogP contribution in [0.4, 0.5) is 0 Å². The molecule has 1 atom stereocenters. The molecule has 3 nitrogen and oxygen atoms in total. The third-order valence-electron chi connectivity index (χ3n) is 2.98. The number of benzene rings is 1. The van der Waals surface area contributed by atoms with Crippen LogP contribution in [0.1, 0.15) is 23.2 Å². The van der Waals surface area contributed by atoms with E-state index in [1.807, 2.05) is 0 Å². The van der Waals surface area contributed by atoms with Crippen LogP contribution in [0.5, 0.6) is 0 Å². The van der Waals surface area contributed by atoms with Crippen LogP contribution < -0.4 is 0 Å². The Morgan fingerprint density at radius 2 is 1.89 bits per heavy atom. The first-order valence-electron chi connectivity index (χ1n) is 5.90. The molecule has 1 saturated heterocycles. The Hall–Kier alpha value is -0.710. The van der Waals surface area contributed by atoms with E-state index in [4.69, 9.17) is 16.3 Å². The minimum Gasteiger partial charge on any atom is -0.381 e. The van der Waals surface area contributed by atoms with Gasteiger partial charge >= 0.3 is 0 Å². The standard InChI is InChI=1S/C13H15ClO3S/c14-11-3-1-10(2-4-11)13(15)9-18(16)12-5-7-17-8-6-12/h1-4,12H,5-9H2. The van der Waals surface area contributed by atoms with Crippen molar-refractivity contribution in [3.63, 3.8) is 0 Å². The quantitative estimate of drug-likeness (QED) is 0.799. The monoisotopic (exact) mass is 286 g/mol. The number of ether oxygens (including phenoxy) is 1. The third-order valence-corrected chi connectivity index (χ3v) is 4.99. The van der Waals surface area contributed by atoms with Gasteiger partial charge in [0, 0.05) is 39.8 Å². The molecule has 0 spiro atoms. The van der Waals surface area contributed by atoms with E-state index in [1.165, 1.54) is 0 Å². The number of halogens is 1. The number of carbonyl (C=O) groups excluding carboxylic acids is 1. The maximum atomic E-state index is 12.1. The van der Waals surface area contributed by atoms with Crippen molar-refractivity contribution >= 4 is 28.2 Å². The highest BCUT2D eigenvalue weighted by atomic mass is 35.5. The van der Waals surface area contributed by atoms with Gasteiger partial charge in [0.25, 0.3) is 0 Å². The van der Waals surface area contributed by atoms with E-state index >= 15 is 0 Å². The number of rotatable bonds is 4. The van der Waals surface area contributed by atoms with Gasteiger partial charge in [0.05, 0.1) is 5.75 Å². The van der Waals surface area contributed by atoms with E-state index in [0.29, 0.717) is 23.8 Å². The molecule has 1 fully saturated rings. The summed E-state index contributed by atoms with van der Waals surface area (Å²) >= 11 is 5.76. The average Bonchev–Trinajstić information content (AvgIpc) is 2.40. The molecular weight excluding hydrogens is 272 g/mol. The average molecular weight is 287 g/mol. The van der Waals surface area contributed by atoms with Gasteiger partial charge in [0.2, 0.25) is 0 Å². The first-order chi connectivity index (χ1) is 8.66. The second-order valence-electron chi connectivity index (χ2n) is 4.27. The fourth-order valence-electron chi connectivity index (χ4n) is 1.91. The molecule has 1 aromatic carbocycles. The highest BCUT2D eigenvalue weighted by Gasteiger charge is 2.22.